The Morgan fingerprint density at radius 3 is 1.48 bits per heavy atom. The highest BCUT2D eigenvalue weighted by Gasteiger charge is 2.55. The SMILES string of the molecule is Nc1ccc[nH]1.O=S(=O)(NS(=O)(=O)C(F)(F)F)C(F)(F)F. The van der Waals surface area contributed by atoms with E-state index >= 15 is 0 Å². The number of hydrogen-bond donors (Lipinski definition) is 3. The maximum absolute atomic E-state index is 11.5. The van der Waals surface area contributed by atoms with Gasteiger partial charge in [-0.2, -0.15) is 26.3 Å². The normalized spacial score (nSPS) is 13.4. The fraction of sp³-hybridized carbons (Fsp3) is 0.333. The van der Waals surface area contributed by atoms with E-state index in [1.807, 2.05) is 6.07 Å². The van der Waals surface area contributed by atoms with Gasteiger partial charge in [0, 0.05) is 6.20 Å². The van der Waals surface area contributed by atoms with Crippen LogP contribution >= 0.6 is 0 Å². The molecule has 21 heavy (non-hydrogen) atoms. The van der Waals surface area contributed by atoms with Crippen molar-refractivity contribution >= 4 is 25.9 Å². The molecule has 0 aliphatic carbocycles. The average molecular weight is 363 g/mol. The van der Waals surface area contributed by atoms with Gasteiger partial charge in [0.05, 0.1) is 0 Å². The first-order valence-electron chi connectivity index (χ1n) is 4.40. The van der Waals surface area contributed by atoms with E-state index < -0.39 is 35.2 Å². The lowest BCUT2D eigenvalue weighted by Crippen LogP contribution is -2.45. The summed E-state index contributed by atoms with van der Waals surface area (Å²) < 4.78 is 108. The Balaban J connectivity index is 0.000000547. The van der Waals surface area contributed by atoms with E-state index in [-0.39, 0.29) is 0 Å². The molecule has 0 aliphatic heterocycles. The topological polar surface area (TPSA) is 122 Å². The van der Waals surface area contributed by atoms with E-state index in [0.29, 0.717) is 0 Å². The van der Waals surface area contributed by atoms with E-state index in [1.54, 1.807) is 12.3 Å². The number of H-pyrrole nitrogens is 1. The largest absolute Gasteiger partial charge is 0.512 e. The van der Waals surface area contributed by atoms with Crippen LogP contribution in [0, 0.1) is 0 Å². The van der Waals surface area contributed by atoms with Crippen LogP contribution in [0.5, 0.6) is 0 Å². The first-order chi connectivity index (χ1) is 9.10. The summed E-state index contributed by atoms with van der Waals surface area (Å²) in [6.07, 6.45) is 1.79. The second-order valence-electron chi connectivity index (χ2n) is 3.11. The van der Waals surface area contributed by atoms with Gasteiger partial charge in [0.25, 0.3) is 0 Å². The second-order valence-corrected chi connectivity index (χ2v) is 6.71. The summed E-state index contributed by atoms with van der Waals surface area (Å²) in [5.74, 6) is 0.718. The fourth-order valence-electron chi connectivity index (χ4n) is 0.583. The van der Waals surface area contributed by atoms with Gasteiger partial charge in [0.15, 0.2) is 0 Å². The molecule has 0 radical (unpaired) electrons. The van der Waals surface area contributed by atoms with Crippen LogP contribution in [0.2, 0.25) is 0 Å². The summed E-state index contributed by atoms with van der Waals surface area (Å²) in [6.45, 7) is 0. The molecule has 0 unspecified atom stereocenters. The minimum absolute atomic E-state index is 0.493. The van der Waals surface area contributed by atoms with Gasteiger partial charge in [-0.1, -0.05) is 4.13 Å². The first-order valence-corrected chi connectivity index (χ1v) is 7.37. The lowest BCUT2D eigenvalue weighted by Gasteiger charge is -2.11. The van der Waals surface area contributed by atoms with Crippen LogP contribution < -0.4 is 9.86 Å². The van der Waals surface area contributed by atoms with Crippen molar-refractivity contribution in [3.63, 3.8) is 0 Å². The predicted molar refractivity (Wildman–Crippen MR) is 58.3 cm³/mol. The molecule has 0 atom stereocenters. The number of nitrogens with two attached hydrogens (primary N) is 1. The van der Waals surface area contributed by atoms with Crippen molar-refractivity contribution in [1.29, 1.82) is 0 Å². The molecule has 1 heterocycles. The lowest BCUT2D eigenvalue weighted by atomic mass is 10.6. The minimum Gasteiger partial charge on any atom is -0.385 e. The van der Waals surface area contributed by atoms with Gasteiger partial charge in [-0.15, -0.1) is 0 Å². The highest BCUT2D eigenvalue weighted by atomic mass is 32.3. The van der Waals surface area contributed by atoms with E-state index in [4.69, 9.17) is 5.73 Å². The molecular weight excluding hydrogens is 356 g/mol. The summed E-state index contributed by atoms with van der Waals surface area (Å²) >= 11 is 0. The quantitative estimate of drug-likeness (QED) is 0.673. The molecule has 1 rings (SSSR count). The van der Waals surface area contributed by atoms with Crippen molar-refractivity contribution in [3.8, 4) is 0 Å². The van der Waals surface area contributed by atoms with Crippen LogP contribution in [0.4, 0.5) is 32.2 Å². The zero-order valence-corrected chi connectivity index (χ0v) is 11.2. The van der Waals surface area contributed by atoms with Gasteiger partial charge in [-0.25, -0.2) is 16.8 Å². The van der Waals surface area contributed by atoms with Crippen molar-refractivity contribution in [3.05, 3.63) is 18.3 Å². The van der Waals surface area contributed by atoms with Gasteiger partial charge in [-0.05, 0) is 12.1 Å². The third-order valence-corrected chi connectivity index (χ3v) is 4.43. The molecule has 1 aromatic rings. The zero-order chi connectivity index (χ0) is 17.1. The molecule has 7 nitrogen and oxygen atoms in total. The molecule has 4 N–H and O–H groups in total. The first kappa shape index (κ1) is 19.5. The molecule has 0 fully saturated rings. The van der Waals surface area contributed by atoms with Crippen LogP contribution in [-0.2, 0) is 20.0 Å². The Bertz CT molecular complexity index is 604. The Kier molecular flexibility index (Phi) is 5.67. The highest BCUT2D eigenvalue weighted by Crippen LogP contribution is 2.27. The highest BCUT2D eigenvalue weighted by molar-refractivity contribution is 8.05. The molecule has 0 saturated carbocycles. The molecule has 0 aromatic carbocycles. The van der Waals surface area contributed by atoms with E-state index in [1.165, 1.54) is 0 Å². The Labute approximate surface area is 114 Å². The Morgan fingerprint density at radius 1 is 0.952 bits per heavy atom. The zero-order valence-electron chi connectivity index (χ0n) is 9.53. The van der Waals surface area contributed by atoms with E-state index in [0.717, 1.165) is 5.82 Å². The number of sulfonamides is 2. The number of halogens is 6. The monoisotopic (exact) mass is 363 g/mol. The maximum atomic E-state index is 11.5. The number of hydrogen-bond acceptors (Lipinski definition) is 5. The number of nitrogens with one attached hydrogen (secondary N) is 2. The van der Waals surface area contributed by atoms with Gasteiger partial charge >= 0.3 is 31.1 Å². The van der Waals surface area contributed by atoms with Crippen molar-refractivity contribution in [2.75, 3.05) is 5.73 Å². The number of aromatic nitrogens is 1. The summed E-state index contributed by atoms with van der Waals surface area (Å²) in [4.78, 5) is 2.78. The molecule has 0 bridgehead atoms. The Morgan fingerprint density at radius 2 is 1.33 bits per heavy atom. The van der Waals surface area contributed by atoms with Crippen LogP contribution in [0.3, 0.4) is 0 Å². The van der Waals surface area contributed by atoms with Crippen molar-refractivity contribution in [2.24, 2.45) is 0 Å². The average Bonchev–Trinajstić information content (AvgIpc) is 2.64. The van der Waals surface area contributed by atoms with Gasteiger partial charge in [0.2, 0.25) is 0 Å². The van der Waals surface area contributed by atoms with E-state index in [9.17, 15) is 43.2 Å². The lowest BCUT2D eigenvalue weighted by molar-refractivity contribution is -0.0476. The minimum atomic E-state index is -6.60. The summed E-state index contributed by atoms with van der Waals surface area (Å²) in [6, 6.07) is 3.66. The third-order valence-electron chi connectivity index (χ3n) is 1.45. The van der Waals surface area contributed by atoms with Gasteiger partial charge < -0.3 is 10.7 Å². The fourth-order valence-corrected chi connectivity index (χ4v) is 2.49. The maximum Gasteiger partial charge on any atom is 0.512 e. The summed E-state index contributed by atoms with van der Waals surface area (Å²) in [5.41, 5.74) is -7.07. The molecule has 0 amide bonds. The number of aromatic amines is 1. The molecular formula is C6H7F6N3O4S2. The summed E-state index contributed by atoms with van der Waals surface area (Å²) in [5, 5.41) is 0. The number of alkyl halides is 6. The van der Waals surface area contributed by atoms with Crippen molar-refractivity contribution in [2.45, 2.75) is 11.0 Å². The van der Waals surface area contributed by atoms with Crippen molar-refractivity contribution < 1.29 is 43.2 Å². The molecule has 124 valence electrons. The second kappa shape index (κ2) is 6.10. The predicted octanol–water partition coefficient (Wildman–Crippen LogP) is 0.872. The molecule has 0 saturated heterocycles. The van der Waals surface area contributed by atoms with Crippen molar-refractivity contribution in [1.82, 2.24) is 9.11 Å². The van der Waals surface area contributed by atoms with Crippen LogP contribution in [0.25, 0.3) is 0 Å². The van der Waals surface area contributed by atoms with Crippen LogP contribution in [-0.4, -0.2) is 32.8 Å². The molecule has 1 aromatic heterocycles. The number of nitrogen functional groups attached to an aromatic ring is 1. The number of rotatable bonds is 2. The van der Waals surface area contributed by atoms with Gasteiger partial charge in [-0.3, -0.25) is 0 Å². The standard InChI is InChI=1S/C4H6N2.C2HF6NO4S2/c5-4-2-1-3-6-4;3-1(4,5)14(10,11)9-15(12,13)2(6,7)8/h1-3,6H,5H2;9H. The smallest absolute Gasteiger partial charge is 0.385 e. The van der Waals surface area contributed by atoms with E-state index in [2.05, 4.69) is 4.98 Å². The molecule has 0 spiro atoms. The van der Waals surface area contributed by atoms with Crippen LogP contribution in [0.15, 0.2) is 18.3 Å². The number of anilines is 1. The molecule has 0 aliphatic rings. The Hall–Kier alpha value is -1.48. The third kappa shape index (κ3) is 5.80. The van der Waals surface area contributed by atoms with Gasteiger partial charge in [0.1, 0.15) is 5.82 Å². The van der Waals surface area contributed by atoms with Crippen LogP contribution in [0.1, 0.15) is 0 Å². The summed E-state index contributed by atoms with van der Waals surface area (Å²) in [7, 11) is -13.2. The molecule has 15 heteroatoms.